The van der Waals surface area contributed by atoms with E-state index in [1.807, 2.05) is 4.90 Å². The Kier molecular flexibility index (Phi) is 36.4. The predicted octanol–water partition coefficient (Wildman–Crippen LogP) is 9.25. The summed E-state index contributed by atoms with van der Waals surface area (Å²) in [6.45, 7) is 8.29. The molecule has 0 spiro atoms. The van der Waals surface area contributed by atoms with E-state index in [1.165, 1.54) is 89.9 Å². The van der Waals surface area contributed by atoms with Crippen molar-refractivity contribution in [2.75, 3.05) is 26.2 Å². The molecule has 0 heterocycles. The van der Waals surface area contributed by atoms with Crippen LogP contribution in [-0.2, 0) is 19.1 Å². The SMILES string of the molecule is CCCCCCCCCCCOC(=O)C(O)CCCCN(CCCCCCC(O)(O)C(=O)OC(CCCCCCCC)CCCCCCCC)CC(O)O. The molecular weight excluding hydrogens is 686 g/mol. The normalized spacial score (nSPS) is 12.6. The molecule has 0 aliphatic carbocycles. The fourth-order valence-electron chi connectivity index (χ4n) is 6.97. The Morgan fingerprint density at radius 3 is 1.44 bits per heavy atom. The molecule has 10 heteroatoms. The van der Waals surface area contributed by atoms with Crippen molar-refractivity contribution in [3.8, 4) is 0 Å². The molecular formula is C44H87NO9. The number of carbonyl (C=O) groups is 2. The van der Waals surface area contributed by atoms with E-state index < -0.39 is 30.1 Å². The van der Waals surface area contributed by atoms with Gasteiger partial charge in [0.05, 0.1) is 6.61 Å². The number of hydrogen-bond donors (Lipinski definition) is 5. The molecule has 0 aliphatic rings. The Bertz CT molecular complexity index is 825. The van der Waals surface area contributed by atoms with Crippen LogP contribution in [0, 0.1) is 0 Å². The van der Waals surface area contributed by atoms with Gasteiger partial charge in [-0.15, -0.1) is 0 Å². The Morgan fingerprint density at radius 2 is 0.944 bits per heavy atom. The first-order valence-corrected chi connectivity index (χ1v) is 22.7. The van der Waals surface area contributed by atoms with Gasteiger partial charge in [-0.1, -0.05) is 149 Å². The number of rotatable bonds is 41. The molecule has 0 rings (SSSR count). The summed E-state index contributed by atoms with van der Waals surface area (Å²) in [5.41, 5.74) is 0. The summed E-state index contributed by atoms with van der Waals surface area (Å²) in [5.74, 6) is -4.01. The van der Waals surface area contributed by atoms with Crippen LogP contribution in [0.5, 0.6) is 0 Å². The summed E-state index contributed by atoms with van der Waals surface area (Å²) in [4.78, 5) is 27.0. The highest BCUT2D eigenvalue weighted by atomic mass is 16.6. The maximum Gasteiger partial charge on any atom is 0.366 e. The molecule has 0 aromatic rings. The third-order valence-electron chi connectivity index (χ3n) is 10.5. The molecule has 54 heavy (non-hydrogen) atoms. The van der Waals surface area contributed by atoms with Crippen LogP contribution < -0.4 is 0 Å². The Morgan fingerprint density at radius 1 is 0.537 bits per heavy atom. The van der Waals surface area contributed by atoms with E-state index in [0.29, 0.717) is 51.8 Å². The highest BCUT2D eigenvalue weighted by Crippen LogP contribution is 2.21. The van der Waals surface area contributed by atoms with E-state index in [1.54, 1.807) is 0 Å². The van der Waals surface area contributed by atoms with Crippen LogP contribution in [0.4, 0.5) is 0 Å². The van der Waals surface area contributed by atoms with Gasteiger partial charge < -0.3 is 35.0 Å². The van der Waals surface area contributed by atoms with Gasteiger partial charge in [0.25, 0.3) is 5.79 Å². The van der Waals surface area contributed by atoms with Gasteiger partial charge in [0.1, 0.15) is 6.10 Å². The zero-order chi connectivity index (χ0) is 40.1. The van der Waals surface area contributed by atoms with Crippen molar-refractivity contribution in [1.82, 2.24) is 4.90 Å². The van der Waals surface area contributed by atoms with Crippen LogP contribution in [0.15, 0.2) is 0 Å². The lowest BCUT2D eigenvalue weighted by molar-refractivity contribution is -0.217. The van der Waals surface area contributed by atoms with E-state index >= 15 is 0 Å². The number of hydrogen-bond acceptors (Lipinski definition) is 10. The number of aliphatic hydroxyl groups is 5. The fraction of sp³-hybridized carbons (Fsp3) is 0.955. The summed E-state index contributed by atoms with van der Waals surface area (Å²) < 4.78 is 11.0. The third kappa shape index (κ3) is 32.9. The van der Waals surface area contributed by atoms with Gasteiger partial charge in [0.2, 0.25) is 0 Å². The second kappa shape index (κ2) is 37.3. The quantitative estimate of drug-likeness (QED) is 0.0231. The minimum Gasteiger partial charge on any atom is -0.464 e. The molecule has 5 N–H and O–H groups in total. The zero-order valence-electron chi connectivity index (χ0n) is 35.3. The van der Waals surface area contributed by atoms with Crippen LogP contribution in [0.1, 0.15) is 220 Å². The van der Waals surface area contributed by atoms with Gasteiger partial charge in [-0.2, -0.15) is 0 Å². The molecule has 0 bridgehead atoms. The third-order valence-corrected chi connectivity index (χ3v) is 10.5. The summed E-state index contributed by atoms with van der Waals surface area (Å²) in [6, 6.07) is 0. The summed E-state index contributed by atoms with van der Waals surface area (Å²) >= 11 is 0. The highest BCUT2D eigenvalue weighted by Gasteiger charge is 2.36. The molecule has 0 amide bonds. The fourth-order valence-corrected chi connectivity index (χ4v) is 6.97. The van der Waals surface area contributed by atoms with Crippen molar-refractivity contribution in [3.63, 3.8) is 0 Å². The molecule has 0 aromatic carbocycles. The molecule has 322 valence electrons. The average Bonchev–Trinajstić information content (AvgIpc) is 3.14. The molecule has 1 unspecified atom stereocenters. The second-order valence-electron chi connectivity index (χ2n) is 15.9. The maximum atomic E-state index is 12.8. The summed E-state index contributed by atoms with van der Waals surface area (Å²) in [5, 5.41) is 50.6. The Labute approximate surface area is 331 Å². The van der Waals surface area contributed by atoms with Crippen molar-refractivity contribution in [3.05, 3.63) is 0 Å². The van der Waals surface area contributed by atoms with Crippen LogP contribution in [-0.4, -0.2) is 92.9 Å². The Balaban J connectivity index is 4.38. The molecule has 0 saturated carbocycles. The van der Waals surface area contributed by atoms with E-state index in [-0.39, 0.29) is 19.1 Å². The molecule has 0 aliphatic heterocycles. The lowest BCUT2D eigenvalue weighted by Gasteiger charge is -2.25. The van der Waals surface area contributed by atoms with Crippen molar-refractivity contribution in [1.29, 1.82) is 0 Å². The van der Waals surface area contributed by atoms with Gasteiger partial charge in [-0.05, 0) is 77.3 Å². The maximum absolute atomic E-state index is 12.8. The zero-order valence-corrected chi connectivity index (χ0v) is 35.3. The number of aliphatic hydroxyl groups excluding tert-OH is 2. The van der Waals surface area contributed by atoms with Crippen molar-refractivity contribution in [2.24, 2.45) is 0 Å². The largest absolute Gasteiger partial charge is 0.464 e. The molecule has 0 saturated heterocycles. The van der Waals surface area contributed by atoms with E-state index in [9.17, 15) is 35.1 Å². The van der Waals surface area contributed by atoms with Crippen molar-refractivity contribution < 1.29 is 44.6 Å². The van der Waals surface area contributed by atoms with Gasteiger partial charge in [0, 0.05) is 13.0 Å². The van der Waals surface area contributed by atoms with Gasteiger partial charge in [-0.3, -0.25) is 4.90 Å². The van der Waals surface area contributed by atoms with Gasteiger partial charge >= 0.3 is 11.9 Å². The molecule has 10 nitrogen and oxygen atoms in total. The molecule has 0 aromatic heterocycles. The van der Waals surface area contributed by atoms with E-state index in [2.05, 4.69) is 20.8 Å². The number of unbranched alkanes of at least 4 members (excludes halogenated alkanes) is 22. The van der Waals surface area contributed by atoms with Crippen LogP contribution in [0.3, 0.4) is 0 Å². The molecule has 0 fully saturated rings. The summed E-state index contributed by atoms with van der Waals surface area (Å²) in [6.07, 6.45) is 27.3. The number of esters is 2. The van der Waals surface area contributed by atoms with Crippen LogP contribution >= 0.6 is 0 Å². The summed E-state index contributed by atoms with van der Waals surface area (Å²) in [7, 11) is 0. The first kappa shape index (κ1) is 52.7. The number of ether oxygens (including phenoxy) is 2. The molecule has 1 atom stereocenters. The monoisotopic (exact) mass is 774 g/mol. The first-order chi connectivity index (χ1) is 26.1. The van der Waals surface area contributed by atoms with E-state index in [4.69, 9.17) is 9.47 Å². The standard InChI is InChI=1S/C44H87NO9/c1-4-7-10-13-16-17-18-23-30-37-53-42(49)40(46)33-26-29-36-45(38-41(47)48)35-28-22-21-27-34-44(51,52)43(50)54-39(31-24-19-14-11-8-5-2)32-25-20-15-12-9-6-3/h39-41,46-48,51-52H,4-38H2,1-3H3. The minimum absolute atomic E-state index is 0.0877. The smallest absolute Gasteiger partial charge is 0.366 e. The average molecular weight is 774 g/mol. The second-order valence-corrected chi connectivity index (χ2v) is 15.9. The van der Waals surface area contributed by atoms with Crippen molar-refractivity contribution in [2.45, 2.75) is 244 Å². The number of nitrogens with zero attached hydrogens (tertiary/aromatic N) is 1. The first-order valence-electron chi connectivity index (χ1n) is 22.7. The highest BCUT2D eigenvalue weighted by molar-refractivity contribution is 5.77. The Hall–Kier alpha value is -1.30. The van der Waals surface area contributed by atoms with Crippen LogP contribution in [0.25, 0.3) is 0 Å². The molecule has 0 radical (unpaired) electrons. The lowest BCUT2D eigenvalue weighted by Crippen LogP contribution is -2.41. The number of carbonyl (C=O) groups excluding carboxylic acids is 2. The van der Waals surface area contributed by atoms with Gasteiger partial charge in [0.15, 0.2) is 12.4 Å². The van der Waals surface area contributed by atoms with Crippen LogP contribution in [0.2, 0.25) is 0 Å². The van der Waals surface area contributed by atoms with E-state index in [0.717, 1.165) is 70.6 Å². The van der Waals surface area contributed by atoms with Gasteiger partial charge in [-0.25, -0.2) is 9.59 Å². The topological polar surface area (TPSA) is 157 Å². The van der Waals surface area contributed by atoms with Crippen molar-refractivity contribution >= 4 is 11.9 Å². The lowest BCUT2D eigenvalue weighted by atomic mass is 10.0. The predicted molar refractivity (Wildman–Crippen MR) is 219 cm³/mol. The minimum atomic E-state index is -2.50.